The molecular formula is C21H29N3O3S2. The van der Waals surface area contributed by atoms with Crippen molar-refractivity contribution in [3.8, 4) is 0 Å². The summed E-state index contributed by atoms with van der Waals surface area (Å²) in [7, 11) is -3.60. The van der Waals surface area contributed by atoms with Crippen LogP contribution in [0.25, 0.3) is 0 Å². The normalized spacial score (nSPS) is 16.0. The summed E-state index contributed by atoms with van der Waals surface area (Å²) in [6.45, 7) is 5.62. The van der Waals surface area contributed by atoms with Gasteiger partial charge in [-0.15, -0.1) is 11.3 Å². The summed E-state index contributed by atoms with van der Waals surface area (Å²) in [6, 6.07) is 10.1. The van der Waals surface area contributed by atoms with E-state index in [9.17, 15) is 13.2 Å². The second-order valence-corrected chi connectivity index (χ2v) is 10.2. The Kier molecular flexibility index (Phi) is 7.83. The number of thiophene rings is 1. The van der Waals surface area contributed by atoms with Crippen molar-refractivity contribution in [2.24, 2.45) is 0 Å². The zero-order valence-corrected chi connectivity index (χ0v) is 18.4. The van der Waals surface area contributed by atoms with Gasteiger partial charge in [-0.3, -0.25) is 4.79 Å². The SMILES string of the molecule is CCCCN1CCC(NC(=O)c2ccc(S(=O)(=O)NCc3cccs3)cc2)CC1. The van der Waals surface area contributed by atoms with Crippen molar-refractivity contribution in [3.63, 3.8) is 0 Å². The fraction of sp³-hybridized carbons (Fsp3) is 0.476. The molecule has 1 fully saturated rings. The molecule has 0 atom stereocenters. The number of carbonyl (C=O) groups is 1. The first kappa shape index (κ1) is 22.0. The molecule has 1 aliphatic heterocycles. The van der Waals surface area contributed by atoms with Crippen LogP contribution < -0.4 is 10.0 Å². The molecule has 8 heteroatoms. The average Bonchev–Trinajstić information content (AvgIpc) is 3.26. The van der Waals surface area contributed by atoms with Crippen LogP contribution in [-0.4, -0.2) is 44.9 Å². The van der Waals surface area contributed by atoms with Gasteiger partial charge in [0.25, 0.3) is 5.91 Å². The van der Waals surface area contributed by atoms with E-state index in [0.717, 1.165) is 37.4 Å². The molecule has 1 aliphatic rings. The fourth-order valence-electron chi connectivity index (χ4n) is 3.40. The second-order valence-electron chi connectivity index (χ2n) is 7.37. The van der Waals surface area contributed by atoms with Crippen LogP contribution in [0.4, 0.5) is 0 Å². The zero-order valence-electron chi connectivity index (χ0n) is 16.8. The monoisotopic (exact) mass is 435 g/mol. The number of nitrogens with zero attached hydrogens (tertiary/aromatic N) is 1. The first-order valence-corrected chi connectivity index (χ1v) is 12.5. The number of unbranched alkanes of at least 4 members (excludes halogenated alkanes) is 1. The van der Waals surface area contributed by atoms with E-state index in [1.54, 1.807) is 12.1 Å². The maximum Gasteiger partial charge on any atom is 0.251 e. The van der Waals surface area contributed by atoms with Gasteiger partial charge in [-0.05, 0) is 61.5 Å². The Balaban J connectivity index is 1.51. The van der Waals surface area contributed by atoms with Crippen LogP contribution in [0.5, 0.6) is 0 Å². The smallest absolute Gasteiger partial charge is 0.251 e. The Morgan fingerprint density at radius 2 is 1.90 bits per heavy atom. The van der Waals surface area contributed by atoms with Crippen LogP contribution >= 0.6 is 11.3 Å². The molecule has 29 heavy (non-hydrogen) atoms. The van der Waals surface area contributed by atoms with Crippen molar-refractivity contribution in [3.05, 3.63) is 52.2 Å². The predicted octanol–water partition coefficient (Wildman–Crippen LogP) is 3.22. The Morgan fingerprint density at radius 3 is 2.52 bits per heavy atom. The lowest BCUT2D eigenvalue weighted by molar-refractivity contribution is 0.0910. The van der Waals surface area contributed by atoms with Gasteiger partial charge in [-0.1, -0.05) is 19.4 Å². The number of nitrogens with one attached hydrogen (secondary N) is 2. The van der Waals surface area contributed by atoms with E-state index in [0.29, 0.717) is 5.56 Å². The lowest BCUT2D eigenvalue weighted by Crippen LogP contribution is -2.44. The third kappa shape index (κ3) is 6.37. The molecule has 2 N–H and O–H groups in total. The van der Waals surface area contributed by atoms with Crippen LogP contribution in [0, 0.1) is 0 Å². The number of hydrogen-bond acceptors (Lipinski definition) is 5. The topological polar surface area (TPSA) is 78.5 Å². The molecular weight excluding hydrogens is 406 g/mol. The summed E-state index contributed by atoms with van der Waals surface area (Å²) in [5.41, 5.74) is 0.482. The van der Waals surface area contributed by atoms with Gasteiger partial charge in [0.15, 0.2) is 0 Å². The van der Waals surface area contributed by atoms with Crippen LogP contribution in [-0.2, 0) is 16.6 Å². The van der Waals surface area contributed by atoms with Crippen molar-refractivity contribution in [2.45, 2.75) is 50.1 Å². The molecule has 1 aromatic heterocycles. The van der Waals surface area contributed by atoms with Gasteiger partial charge in [-0.2, -0.15) is 0 Å². The number of carbonyl (C=O) groups excluding carboxylic acids is 1. The Labute approximate surface area is 177 Å². The molecule has 0 unspecified atom stereocenters. The van der Waals surface area contributed by atoms with Gasteiger partial charge in [0.2, 0.25) is 10.0 Å². The number of sulfonamides is 1. The van der Waals surface area contributed by atoms with E-state index in [1.165, 1.54) is 36.3 Å². The number of amides is 1. The van der Waals surface area contributed by atoms with Crippen molar-refractivity contribution in [1.82, 2.24) is 14.9 Å². The number of piperidine rings is 1. The van der Waals surface area contributed by atoms with E-state index in [4.69, 9.17) is 0 Å². The quantitative estimate of drug-likeness (QED) is 0.634. The van der Waals surface area contributed by atoms with E-state index >= 15 is 0 Å². The minimum absolute atomic E-state index is 0.146. The highest BCUT2D eigenvalue weighted by molar-refractivity contribution is 7.89. The minimum atomic E-state index is -3.60. The molecule has 2 aromatic rings. The van der Waals surface area contributed by atoms with Crippen LogP contribution in [0.2, 0.25) is 0 Å². The van der Waals surface area contributed by atoms with Crippen molar-refractivity contribution in [1.29, 1.82) is 0 Å². The molecule has 0 aliphatic carbocycles. The predicted molar refractivity (Wildman–Crippen MR) is 117 cm³/mol. The van der Waals surface area contributed by atoms with E-state index in [-0.39, 0.29) is 23.4 Å². The molecule has 0 saturated carbocycles. The zero-order chi connectivity index (χ0) is 20.7. The third-order valence-electron chi connectivity index (χ3n) is 5.19. The van der Waals surface area contributed by atoms with Crippen molar-refractivity contribution < 1.29 is 13.2 Å². The highest BCUT2D eigenvalue weighted by Gasteiger charge is 2.21. The molecule has 1 saturated heterocycles. The van der Waals surface area contributed by atoms with Gasteiger partial charge in [0, 0.05) is 36.1 Å². The lowest BCUT2D eigenvalue weighted by atomic mass is 10.0. The van der Waals surface area contributed by atoms with Gasteiger partial charge in [0.05, 0.1) is 4.90 Å². The maximum absolute atomic E-state index is 12.5. The molecule has 0 radical (unpaired) electrons. The summed E-state index contributed by atoms with van der Waals surface area (Å²) in [5.74, 6) is -0.146. The van der Waals surface area contributed by atoms with Gasteiger partial charge < -0.3 is 10.2 Å². The number of benzene rings is 1. The largest absolute Gasteiger partial charge is 0.349 e. The average molecular weight is 436 g/mol. The third-order valence-corrected chi connectivity index (χ3v) is 7.49. The number of hydrogen-bond donors (Lipinski definition) is 2. The molecule has 3 rings (SSSR count). The summed E-state index contributed by atoms with van der Waals surface area (Å²) < 4.78 is 27.4. The van der Waals surface area contributed by atoms with Crippen LogP contribution in [0.15, 0.2) is 46.7 Å². The van der Waals surface area contributed by atoms with Gasteiger partial charge >= 0.3 is 0 Å². The molecule has 1 amide bonds. The highest BCUT2D eigenvalue weighted by atomic mass is 32.2. The van der Waals surface area contributed by atoms with E-state index < -0.39 is 10.0 Å². The minimum Gasteiger partial charge on any atom is -0.349 e. The summed E-state index contributed by atoms with van der Waals surface area (Å²) in [5, 5.41) is 4.99. The van der Waals surface area contributed by atoms with E-state index in [2.05, 4.69) is 21.9 Å². The molecule has 2 heterocycles. The number of likely N-dealkylation sites (tertiary alicyclic amines) is 1. The standard InChI is InChI=1S/C21H29N3O3S2/c1-2-3-12-24-13-10-18(11-14-24)23-21(25)17-6-8-20(9-7-17)29(26,27)22-16-19-5-4-15-28-19/h4-9,15,18,22H,2-3,10-14,16H2,1H3,(H,23,25). The fourth-order valence-corrected chi connectivity index (χ4v) is 5.14. The van der Waals surface area contributed by atoms with Gasteiger partial charge in [0.1, 0.15) is 0 Å². The van der Waals surface area contributed by atoms with E-state index in [1.807, 2.05) is 17.5 Å². The highest BCUT2D eigenvalue weighted by Crippen LogP contribution is 2.15. The Bertz CT molecular complexity index is 872. The van der Waals surface area contributed by atoms with Gasteiger partial charge in [-0.25, -0.2) is 13.1 Å². The van der Waals surface area contributed by atoms with Crippen LogP contribution in [0.1, 0.15) is 47.8 Å². The summed E-state index contributed by atoms with van der Waals surface area (Å²) in [6.07, 6.45) is 4.32. The lowest BCUT2D eigenvalue weighted by Gasteiger charge is -2.32. The first-order valence-electron chi connectivity index (χ1n) is 10.1. The first-order chi connectivity index (χ1) is 14.0. The molecule has 0 spiro atoms. The molecule has 1 aromatic carbocycles. The van der Waals surface area contributed by atoms with Crippen LogP contribution in [0.3, 0.4) is 0 Å². The molecule has 0 bridgehead atoms. The van der Waals surface area contributed by atoms with Crippen molar-refractivity contribution in [2.75, 3.05) is 19.6 Å². The number of rotatable bonds is 9. The Hall–Kier alpha value is -1.74. The summed E-state index contributed by atoms with van der Waals surface area (Å²) in [4.78, 5) is 16.1. The summed E-state index contributed by atoms with van der Waals surface area (Å²) >= 11 is 1.50. The molecule has 6 nitrogen and oxygen atoms in total. The molecule has 158 valence electrons. The maximum atomic E-state index is 12.5. The second kappa shape index (κ2) is 10.3. The van der Waals surface area contributed by atoms with Crippen molar-refractivity contribution >= 4 is 27.3 Å². The Morgan fingerprint density at radius 1 is 1.17 bits per heavy atom.